The van der Waals surface area contributed by atoms with Crippen molar-refractivity contribution in [2.75, 3.05) is 0 Å². The summed E-state index contributed by atoms with van der Waals surface area (Å²) in [5.41, 5.74) is 3.38. The van der Waals surface area contributed by atoms with Crippen LogP contribution >= 0.6 is 11.3 Å². The Balaban J connectivity index is 0.000000758. The molecule has 3 heterocycles. The Labute approximate surface area is 156 Å². The lowest BCUT2D eigenvalue weighted by Crippen LogP contribution is -2.06. The molecule has 0 aliphatic carbocycles. The van der Waals surface area contributed by atoms with Gasteiger partial charge in [-0.1, -0.05) is 26.8 Å². The smallest absolute Gasteiger partial charge is 0.258 e. The molecule has 3 rings (SSSR count). The number of rotatable bonds is 4. The van der Waals surface area contributed by atoms with Crippen LogP contribution in [0.1, 0.15) is 31.5 Å². The van der Waals surface area contributed by atoms with E-state index in [4.69, 9.17) is 0 Å². The lowest BCUT2D eigenvalue weighted by atomic mass is 10.1. The number of H-pyrrole nitrogens is 2. The Kier molecular flexibility index (Phi) is 6.86. The summed E-state index contributed by atoms with van der Waals surface area (Å²) in [5.74, 6) is -0.413. The molecule has 2 N–H and O–H groups in total. The Morgan fingerprint density at radius 1 is 1.35 bits per heavy atom. The van der Waals surface area contributed by atoms with Gasteiger partial charge in [-0.25, -0.2) is 9.37 Å². The first kappa shape index (κ1) is 19.6. The van der Waals surface area contributed by atoms with Crippen LogP contribution in [0.15, 0.2) is 53.2 Å². The van der Waals surface area contributed by atoms with E-state index < -0.39 is 5.83 Å². The molecule has 3 aromatic heterocycles. The van der Waals surface area contributed by atoms with Crippen molar-refractivity contribution >= 4 is 17.4 Å². The number of nitrogens with zero attached hydrogens (tertiary/aromatic N) is 1. The fourth-order valence-corrected chi connectivity index (χ4v) is 3.09. The van der Waals surface area contributed by atoms with Crippen molar-refractivity contribution in [3.63, 3.8) is 0 Å². The minimum Gasteiger partial charge on any atom is -0.364 e. The van der Waals surface area contributed by atoms with E-state index in [-0.39, 0.29) is 5.56 Å². The van der Waals surface area contributed by atoms with E-state index >= 15 is 0 Å². The Hall–Kier alpha value is -2.73. The molecular weight excluding hydrogens is 349 g/mol. The van der Waals surface area contributed by atoms with Gasteiger partial charge in [-0.3, -0.25) is 4.79 Å². The van der Waals surface area contributed by atoms with E-state index in [1.165, 1.54) is 23.8 Å². The van der Waals surface area contributed by atoms with Crippen molar-refractivity contribution in [3.8, 4) is 21.8 Å². The summed E-state index contributed by atoms with van der Waals surface area (Å²) < 4.78 is 13.6. The van der Waals surface area contributed by atoms with Gasteiger partial charge in [-0.05, 0) is 31.2 Å². The number of hydrogen-bond acceptors (Lipinski definition) is 3. The molecule has 0 spiro atoms. The monoisotopic (exact) mass is 371 g/mol. The number of pyridine rings is 1. The van der Waals surface area contributed by atoms with Crippen LogP contribution in [0, 0.1) is 6.92 Å². The van der Waals surface area contributed by atoms with Crippen molar-refractivity contribution < 1.29 is 4.39 Å². The van der Waals surface area contributed by atoms with Crippen molar-refractivity contribution in [1.29, 1.82) is 0 Å². The second-order valence-corrected chi connectivity index (χ2v) is 6.49. The molecule has 0 saturated carbocycles. The van der Waals surface area contributed by atoms with Gasteiger partial charge in [0, 0.05) is 34.6 Å². The molecule has 136 valence electrons. The van der Waals surface area contributed by atoms with E-state index in [0.717, 1.165) is 22.9 Å². The zero-order valence-corrected chi connectivity index (χ0v) is 15.9. The second kappa shape index (κ2) is 9.10. The number of nitrogens with one attached hydrogen (secondary N) is 2. The quantitative estimate of drug-likeness (QED) is 0.577. The summed E-state index contributed by atoms with van der Waals surface area (Å²) in [5, 5.41) is 2.48. The first-order chi connectivity index (χ1) is 12.5. The van der Waals surface area contributed by atoms with Crippen LogP contribution in [0.4, 0.5) is 4.39 Å². The van der Waals surface area contributed by atoms with Gasteiger partial charge in [-0.2, -0.15) is 0 Å². The van der Waals surface area contributed by atoms with Crippen LogP contribution in [0.3, 0.4) is 0 Å². The largest absolute Gasteiger partial charge is 0.364 e. The second-order valence-electron chi connectivity index (χ2n) is 5.63. The highest BCUT2D eigenvalue weighted by molar-refractivity contribution is 7.13. The SMILES string of the molecule is C=C/C(F)=C\c1c(-c2csc(-c3ccc[nH]c3=O)n2)c[nH]c1C.CCC. The molecule has 3 aromatic rings. The van der Waals surface area contributed by atoms with Crippen LogP contribution in [-0.4, -0.2) is 15.0 Å². The molecule has 0 saturated heterocycles. The molecule has 0 aromatic carbocycles. The third-order valence-electron chi connectivity index (χ3n) is 3.43. The Morgan fingerprint density at radius 3 is 2.73 bits per heavy atom. The molecule has 0 fully saturated rings. The molecule has 0 amide bonds. The predicted molar refractivity (Wildman–Crippen MR) is 108 cm³/mol. The van der Waals surface area contributed by atoms with Crippen LogP contribution in [0.5, 0.6) is 0 Å². The van der Waals surface area contributed by atoms with E-state index in [2.05, 4.69) is 35.4 Å². The minimum absolute atomic E-state index is 0.184. The first-order valence-corrected chi connectivity index (χ1v) is 9.21. The maximum absolute atomic E-state index is 13.6. The zero-order valence-electron chi connectivity index (χ0n) is 15.1. The molecule has 0 bridgehead atoms. The third kappa shape index (κ3) is 4.46. The molecular formula is C20H22FN3OS. The van der Waals surface area contributed by atoms with Gasteiger partial charge in [0.05, 0.1) is 11.3 Å². The van der Waals surface area contributed by atoms with E-state index in [1.807, 2.05) is 12.3 Å². The topological polar surface area (TPSA) is 61.5 Å². The van der Waals surface area contributed by atoms with Gasteiger partial charge in [0.1, 0.15) is 10.8 Å². The van der Waals surface area contributed by atoms with E-state index in [0.29, 0.717) is 16.3 Å². The molecule has 0 atom stereocenters. The minimum atomic E-state index is -0.413. The number of aromatic nitrogens is 3. The number of halogens is 1. The van der Waals surface area contributed by atoms with Crippen molar-refractivity contribution in [3.05, 3.63) is 70.0 Å². The predicted octanol–water partition coefficient (Wildman–Crippen LogP) is 5.71. The van der Waals surface area contributed by atoms with Crippen LogP contribution in [0.2, 0.25) is 0 Å². The van der Waals surface area contributed by atoms with Gasteiger partial charge in [0.2, 0.25) is 0 Å². The third-order valence-corrected chi connectivity index (χ3v) is 4.31. The number of thiazole rings is 1. The highest BCUT2D eigenvalue weighted by Gasteiger charge is 2.14. The lowest BCUT2D eigenvalue weighted by molar-refractivity contribution is 0.675. The summed E-state index contributed by atoms with van der Waals surface area (Å²) in [6.45, 7) is 9.53. The normalized spacial score (nSPS) is 11.0. The van der Waals surface area contributed by atoms with Gasteiger partial charge in [0.15, 0.2) is 0 Å². The Morgan fingerprint density at radius 2 is 2.08 bits per heavy atom. The van der Waals surface area contributed by atoms with Crippen molar-refractivity contribution in [1.82, 2.24) is 15.0 Å². The van der Waals surface area contributed by atoms with Crippen LogP contribution < -0.4 is 5.56 Å². The van der Waals surface area contributed by atoms with Gasteiger partial charge in [-0.15, -0.1) is 11.3 Å². The van der Waals surface area contributed by atoms with Gasteiger partial charge in [0.25, 0.3) is 5.56 Å². The highest BCUT2D eigenvalue weighted by atomic mass is 32.1. The number of hydrogen-bond donors (Lipinski definition) is 2. The number of aryl methyl sites for hydroxylation is 1. The molecule has 4 nitrogen and oxygen atoms in total. The molecule has 0 aliphatic heterocycles. The van der Waals surface area contributed by atoms with Gasteiger partial charge >= 0.3 is 0 Å². The summed E-state index contributed by atoms with van der Waals surface area (Å²) in [6.07, 6.45) is 7.19. The molecule has 0 unspecified atom stereocenters. The maximum atomic E-state index is 13.6. The fourth-order valence-electron chi connectivity index (χ4n) is 2.24. The molecule has 0 aliphatic rings. The number of aromatic amines is 2. The fraction of sp³-hybridized carbons (Fsp3) is 0.200. The maximum Gasteiger partial charge on any atom is 0.258 e. The van der Waals surface area contributed by atoms with Gasteiger partial charge < -0.3 is 9.97 Å². The zero-order chi connectivity index (χ0) is 19.1. The summed E-state index contributed by atoms with van der Waals surface area (Å²) in [6, 6.07) is 3.48. The van der Waals surface area contributed by atoms with Crippen molar-refractivity contribution in [2.45, 2.75) is 27.2 Å². The lowest BCUT2D eigenvalue weighted by Gasteiger charge is -1.98. The average molecular weight is 371 g/mol. The molecule has 26 heavy (non-hydrogen) atoms. The Bertz CT molecular complexity index is 965. The summed E-state index contributed by atoms with van der Waals surface area (Å²) in [4.78, 5) is 22.1. The highest BCUT2D eigenvalue weighted by Crippen LogP contribution is 2.32. The average Bonchev–Trinajstić information content (AvgIpc) is 3.23. The van der Waals surface area contributed by atoms with Crippen LogP contribution in [0.25, 0.3) is 27.9 Å². The molecule has 0 radical (unpaired) electrons. The van der Waals surface area contributed by atoms with E-state index in [1.54, 1.807) is 24.5 Å². The number of allylic oxidation sites excluding steroid dienone is 2. The first-order valence-electron chi connectivity index (χ1n) is 8.33. The summed E-state index contributed by atoms with van der Waals surface area (Å²) >= 11 is 1.37. The standard InChI is InChI=1S/C17H14FN3OS.C3H8/c1-3-11(18)7-13-10(2)20-8-14(13)15-9-23-17(21-15)12-5-4-6-19-16(12)22;1-3-2/h3-9,20H,1H2,2H3,(H,19,22);3H2,1-2H3/b11-7+;. The molecule has 6 heteroatoms. The van der Waals surface area contributed by atoms with Crippen molar-refractivity contribution in [2.24, 2.45) is 0 Å². The van der Waals surface area contributed by atoms with E-state index in [9.17, 15) is 9.18 Å². The summed E-state index contributed by atoms with van der Waals surface area (Å²) in [7, 11) is 0. The van der Waals surface area contributed by atoms with Crippen LogP contribution in [-0.2, 0) is 0 Å².